The molecular weight excluding hydrogens is 495 g/mol. The SMILES string of the molecule is OB(O)c1ccc(C(c2cc(Br)c(O)cc2O)c2cc(Br)c(O)cc2O)cc1. The Kier molecular flexibility index (Phi) is 5.90. The Morgan fingerprint density at radius 2 is 1.07 bits per heavy atom. The Balaban J connectivity index is 2.26. The van der Waals surface area contributed by atoms with E-state index in [1.54, 1.807) is 12.1 Å². The first kappa shape index (κ1) is 20.5. The highest BCUT2D eigenvalue weighted by Crippen LogP contribution is 2.45. The number of benzene rings is 3. The van der Waals surface area contributed by atoms with Gasteiger partial charge in [0.1, 0.15) is 23.0 Å². The van der Waals surface area contributed by atoms with Gasteiger partial charge in [0.25, 0.3) is 0 Å². The maximum absolute atomic E-state index is 10.5. The van der Waals surface area contributed by atoms with Crippen LogP contribution < -0.4 is 5.46 Å². The molecule has 3 aromatic carbocycles. The van der Waals surface area contributed by atoms with Gasteiger partial charge in [-0.1, -0.05) is 24.3 Å². The van der Waals surface area contributed by atoms with Gasteiger partial charge in [-0.25, -0.2) is 0 Å². The molecule has 3 aromatic rings. The van der Waals surface area contributed by atoms with Gasteiger partial charge in [0, 0.05) is 29.2 Å². The summed E-state index contributed by atoms with van der Waals surface area (Å²) in [5, 5.41) is 59.2. The summed E-state index contributed by atoms with van der Waals surface area (Å²) in [6.45, 7) is 0. The number of hydrogen-bond acceptors (Lipinski definition) is 6. The molecule has 0 heterocycles. The quantitative estimate of drug-likeness (QED) is 0.238. The normalized spacial score (nSPS) is 11.0. The van der Waals surface area contributed by atoms with Crippen LogP contribution in [0, 0.1) is 0 Å². The number of halogens is 2. The molecule has 0 aliphatic rings. The molecule has 0 aliphatic carbocycles. The van der Waals surface area contributed by atoms with Crippen molar-refractivity contribution in [2.45, 2.75) is 5.92 Å². The highest BCUT2D eigenvalue weighted by atomic mass is 79.9. The van der Waals surface area contributed by atoms with Crippen LogP contribution in [0.15, 0.2) is 57.5 Å². The lowest BCUT2D eigenvalue weighted by molar-refractivity contribution is 0.425. The standard InChI is InChI=1S/C19H15BBr2O6/c21-13-5-11(15(23)7-17(13)25)19(9-1-3-10(4-2-9)20(27)28)12-6-14(22)18(26)8-16(12)24/h1-8,19,23-28H. The molecular formula is C19H15BBr2O6. The second-order valence-electron chi connectivity index (χ2n) is 6.20. The van der Waals surface area contributed by atoms with Crippen LogP contribution in [0.25, 0.3) is 0 Å². The van der Waals surface area contributed by atoms with E-state index in [4.69, 9.17) is 0 Å². The number of hydrogen-bond donors (Lipinski definition) is 6. The Morgan fingerprint density at radius 1 is 0.643 bits per heavy atom. The average Bonchev–Trinajstić information content (AvgIpc) is 2.64. The summed E-state index contributed by atoms with van der Waals surface area (Å²) in [5.74, 6) is -1.36. The molecule has 3 rings (SSSR count). The van der Waals surface area contributed by atoms with Crippen molar-refractivity contribution in [3.8, 4) is 23.0 Å². The van der Waals surface area contributed by atoms with Crippen molar-refractivity contribution in [3.05, 3.63) is 74.2 Å². The van der Waals surface area contributed by atoms with Gasteiger partial charge < -0.3 is 30.5 Å². The van der Waals surface area contributed by atoms with Crippen LogP contribution in [0.4, 0.5) is 0 Å². The lowest BCUT2D eigenvalue weighted by Gasteiger charge is -2.22. The summed E-state index contributed by atoms with van der Waals surface area (Å²) in [5.41, 5.74) is 1.68. The molecule has 0 amide bonds. The van der Waals surface area contributed by atoms with E-state index in [0.29, 0.717) is 25.6 Å². The van der Waals surface area contributed by atoms with Crippen molar-refractivity contribution in [2.75, 3.05) is 0 Å². The number of phenols is 4. The Labute approximate surface area is 177 Å². The predicted octanol–water partition coefficient (Wildman–Crippen LogP) is 2.89. The van der Waals surface area contributed by atoms with Crippen molar-refractivity contribution < 1.29 is 30.5 Å². The maximum Gasteiger partial charge on any atom is 0.488 e. The summed E-state index contributed by atoms with van der Waals surface area (Å²) in [6, 6.07) is 11.8. The minimum absolute atomic E-state index is 0.144. The molecule has 28 heavy (non-hydrogen) atoms. The van der Waals surface area contributed by atoms with Crippen LogP contribution in [0.1, 0.15) is 22.6 Å². The second kappa shape index (κ2) is 8.04. The van der Waals surface area contributed by atoms with E-state index in [1.165, 1.54) is 36.4 Å². The van der Waals surface area contributed by atoms with Crippen LogP contribution in [0.2, 0.25) is 0 Å². The smallest absolute Gasteiger partial charge is 0.488 e. The molecule has 0 unspecified atom stereocenters. The summed E-state index contributed by atoms with van der Waals surface area (Å²) >= 11 is 6.46. The summed E-state index contributed by atoms with van der Waals surface area (Å²) < 4.78 is 0.704. The van der Waals surface area contributed by atoms with Crippen molar-refractivity contribution in [2.24, 2.45) is 0 Å². The van der Waals surface area contributed by atoms with E-state index in [0.717, 1.165) is 0 Å². The fraction of sp³-hybridized carbons (Fsp3) is 0.0526. The summed E-state index contributed by atoms with van der Waals surface area (Å²) in [7, 11) is -1.63. The lowest BCUT2D eigenvalue weighted by atomic mass is 9.77. The minimum Gasteiger partial charge on any atom is -0.507 e. The zero-order valence-corrected chi connectivity index (χ0v) is 17.4. The van der Waals surface area contributed by atoms with Crippen molar-refractivity contribution in [1.29, 1.82) is 0 Å². The highest BCUT2D eigenvalue weighted by molar-refractivity contribution is 9.10. The van der Waals surface area contributed by atoms with Crippen molar-refractivity contribution in [3.63, 3.8) is 0 Å². The molecule has 0 bridgehead atoms. The molecule has 0 fully saturated rings. The fourth-order valence-electron chi connectivity index (χ4n) is 2.98. The maximum atomic E-state index is 10.5. The monoisotopic (exact) mass is 508 g/mol. The number of rotatable bonds is 4. The molecule has 6 N–H and O–H groups in total. The van der Waals surface area contributed by atoms with E-state index < -0.39 is 13.0 Å². The second-order valence-corrected chi connectivity index (χ2v) is 7.91. The van der Waals surface area contributed by atoms with Gasteiger partial charge in [-0.3, -0.25) is 0 Å². The number of phenolic OH excluding ortho intramolecular Hbond substituents is 4. The van der Waals surface area contributed by atoms with E-state index in [1.807, 2.05) is 0 Å². The van der Waals surface area contributed by atoms with Gasteiger partial charge in [-0.05, 0) is 55.0 Å². The first-order valence-corrected chi connectivity index (χ1v) is 9.66. The first-order valence-electron chi connectivity index (χ1n) is 8.07. The Hall–Kier alpha value is -2.20. The molecule has 9 heteroatoms. The minimum atomic E-state index is -1.63. The van der Waals surface area contributed by atoms with Gasteiger partial charge in [-0.2, -0.15) is 0 Å². The van der Waals surface area contributed by atoms with Crippen LogP contribution in [0.5, 0.6) is 23.0 Å². The average molecular weight is 510 g/mol. The molecule has 0 saturated heterocycles. The first-order chi connectivity index (χ1) is 13.2. The largest absolute Gasteiger partial charge is 0.507 e. The number of aromatic hydroxyl groups is 4. The Morgan fingerprint density at radius 3 is 1.46 bits per heavy atom. The van der Waals surface area contributed by atoms with Gasteiger partial charge in [-0.15, -0.1) is 0 Å². The Bertz CT molecular complexity index is 966. The molecule has 144 valence electrons. The summed E-state index contributed by atoms with van der Waals surface area (Å²) in [6.07, 6.45) is 0. The van der Waals surface area contributed by atoms with Crippen LogP contribution >= 0.6 is 31.9 Å². The fourth-order valence-corrected chi connectivity index (χ4v) is 3.70. The van der Waals surface area contributed by atoms with Crippen LogP contribution in [0.3, 0.4) is 0 Å². The van der Waals surface area contributed by atoms with Gasteiger partial charge in [0.05, 0.1) is 8.95 Å². The van der Waals surface area contributed by atoms with Gasteiger partial charge in [0.15, 0.2) is 0 Å². The van der Waals surface area contributed by atoms with Gasteiger partial charge in [0.2, 0.25) is 0 Å². The topological polar surface area (TPSA) is 121 Å². The molecule has 0 spiro atoms. The van der Waals surface area contributed by atoms with E-state index in [2.05, 4.69) is 31.9 Å². The predicted molar refractivity (Wildman–Crippen MR) is 112 cm³/mol. The highest BCUT2D eigenvalue weighted by Gasteiger charge is 2.26. The van der Waals surface area contributed by atoms with Crippen LogP contribution in [-0.2, 0) is 0 Å². The van der Waals surface area contributed by atoms with Crippen molar-refractivity contribution >= 4 is 44.4 Å². The van der Waals surface area contributed by atoms with E-state index in [9.17, 15) is 30.5 Å². The molecule has 0 aromatic heterocycles. The third-order valence-corrected chi connectivity index (χ3v) is 5.65. The third kappa shape index (κ3) is 3.98. The van der Waals surface area contributed by atoms with E-state index >= 15 is 0 Å². The zero-order valence-electron chi connectivity index (χ0n) is 14.2. The van der Waals surface area contributed by atoms with Gasteiger partial charge >= 0.3 is 7.12 Å². The molecule has 6 nitrogen and oxygen atoms in total. The third-order valence-electron chi connectivity index (χ3n) is 4.38. The molecule has 0 aliphatic heterocycles. The lowest BCUT2D eigenvalue weighted by Crippen LogP contribution is -2.29. The van der Waals surface area contributed by atoms with E-state index in [-0.39, 0.29) is 28.5 Å². The molecule has 0 radical (unpaired) electrons. The molecule has 0 saturated carbocycles. The molecule has 0 atom stereocenters. The van der Waals surface area contributed by atoms with Crippen LogP contribution in [-0.4, -0.2) is 37.6 Å². The van der Waals surface area contributed by atoms with Crippen molar-refractivity contribution in [1.82, 2.24) is 0 Å². The summed E-state index contributed by atoms with van der Waals surface area (Å²) in [4.78, 5) is 0. The zero-order chi connectivity index (χ0) is 20.6.